The van der Waals surface area contributed by atoms with Gasteiger partial charge in [-0.25, -0.2) is 0 Å². The molecule has 86 valence electrons. The fourth-order valence-corrected chi connectivity index (χ4v) is 3.13. The molecule has 1 heterocycles. The number of carboxylic acids is 1. The molecule has 0 amide bonds. The van der Waals surface area contributed by atoms with Gasteiger partial charge in [-0.15, -0.1) is 0 Å². The molecule has 0 aromatic carbocycles. The third kappa shape index (κ3) is 2.33. The van der Waals surface area contributed by atoms with Crippen molar-refractivity contribution in [1.29, 1.82) is 0 Å². The number of aliphatic carboxylic acids is 1. The van der Waals surface area contributed by atoms with Crippen molar-refractivity contribution in [1.82, 2.24) is 4.90 Å². The maximum Gasteiger partial charge on any atom is 0.304 e. The SMILES string of the molecule is CC(CC(=O)O)N1CC2(CCCCC2)C1. The van der Waals surface area contributed by atoms with Gasteiger partial charge in [0, 0.05) is 19.1 Å². The zero-order valence-corrected chi connectivity index (χ0v) is 9.54. The molecule has 1 N–H and O–H groups in total. The first-order valence-corrected chi connectivity index (χ1v) is 6.07. The van der Waals surface area contributed by atoms with Gasteiger partial charge in [0.1, 0.15) is 0 Å². The van der Waals surface area contributed by atoms with Crippen molar-refractivity contribution in [3.05, 3.63) is 0 Å². The molecule has 2 rings (SSSR count). The Labute approximate surface area is 91.5 Å². The summed E-state index contributed by atoms with van der Waals surface area (Å²) in [7, 11) is 0. The summed E-state index contributed by atoms with van der Waals surface area (Å²) in [5.74, 6) is -0.674. The lowest BCUT2D eigenvalue weighted by Gasteiger charge is -2.54. The molecule has 1 saturated carbocycles. The number of nitrogens with zero attached hydrogens (tertiary/aromatic N) is 1. The summed E-state index contributed by atoms with van der Waals surface area (Å²) >= 11 is 0. The van der Waals surface area contributed by atoms with Gasteiger partial charge >= 0.3 is 5.97 Å². The van der Waals surface area contributed by atoms with Gasteiger partial charge < -0.3 is 5.11 Å². The maximum atomic E-state index is 10.6. The zero-order valence-electron chi connectivity index (χ0n) is 9.54. The Kier molecular flexibility index (Phi) is 3.01. The van der Waals surface area contributed by atoms with Gasteiger partial charge in [0.25, 0.3) is 0 Å². The third-order valence-electron chi connectivity index (χ3n) is 4.08. The van der Waals surface area contributed by atoms with Gasteiger partial charge in [0.2, 0.25) is 0 Å². The smallest absolute Gasteiger partial charge is 0.304 e. The number of rotatable bonds is 3. The topological polar surface area (TPSA) is 40.5 Å². The van der Waals surface area contributed by atoms with Gasteiger partial charge in [-0.3, -0.25) is 9.69 Å². The molecular formula is C12H21NO2. The maximum absolute atomic E-state index is 10.6. The van der Waals surface area contributed by atoms with Gasteiger partial charge in [-0.05, 0) is 25.2 Å². The van der Waals surface area contributed by atoms with Crippen LogP contribution in [0.5, 0.6) is 0 Å². The van der Waals surface area contributed by atoms with Crippen LogP contribution < -0.4 is 0 Å². The molecule has 0 aromatic rings. The first-order valence-electron chi connectivity index (χ1n) is 6.07. The Morgan fingerprint density at radius 1 is 1.33 bits per heavy atom. The van der Waals surface area contributed by atoms with E-state index in [0.717, 1.165) is 13.1 Å². The van der Waals surface area contributed by atoms with E-state index in [4.69, 9.17) is 5.11 Å². The quantitative estimate of drug-likeness (QED) is 0.777. The van der Waals surface area contributed by atoms with Crippen molar-refractivity contribution in [3.8, 4) is 0 Å². The minimum absolute atomic E-state index is 0.218. The summed E-state index contributed by atoms with van der Waals surface area (Å²) in [5, 5.41) is 8.73. The standard InChI is InChI=1S/C12H21NO2/c1-10(7-11(14)15)13-8-12(9-13)5-3-2-4-6-12/h10H,2-9H2,1H3,(H,14,15). The van der Waals surface area contributed by atoms with Crippen molar-refractivity contribution in [2.24, 2.45) is 5.41 Å². The second kappa shape index (κ2) is 4.12. The van der Waals surface area contributed by atoms with E-state index in [1.807, 2.05) is 6.92 Å². The second-order valence-corrected chi connectivity index (χ2v) is 5.41. The molecular weight excluding hydrogens is 190 g/mol. The van der Waals surface area contributed by atoms with Crippen molar-refractivity contribution in [2.45, 2.75) is 51.5 Å². The van der Waals surface area contributed by atoms with Crippen LogP contribution >= 0.6 is 0 Å². The van der Waals surface area contributed by atoms with Crippen molar-refractivity contribution in [2.75, 3.05) is 13.1 Å². The monoisotopic (exact) mass is 211 g/mol. The van der Waals surface area contributed by atoms with E-state index < -0.39 is 5.97 Å². The van der Waals surface area contributed by atoms with Crippen LogP contribution in [0.3, 0.4) is 0 Å². The highest BCUT2D eigenvalue weighted by atomic mass is 16.4. The molecule has 2 fully saturated rings. The van der Waals surface area contributed by atoms with E-state index in [2.05, 4.69) is 4.90 Å². The molecule has 1 aliphatic carbocycles. The van der Waals surface area contributed by atoms with Crippen LogP contribution in [-0.2, 0) is 4.79 Å². The lowest BCUT2D eigenvalue weighted by molar-refractivity contribution is -0.140. The van der Waals surface area contributed by atoms with Crippen LogP contribution in [0.25, 0.3) is 0 Å². The lowest BCUT2D eigenvalue weighted by Crippen LogP contribution is -2.60. The summed E-state index contributed by atoms with van der Waals surface area (Å²) in [5.41, 5.74) is 0.574. The predicted molar refractivity (Wildman–Crippen MR) is 58.8 cm³/mol. The van der Waals surface area contributed by atoms with Crippen molar-refractivity contribution < 1.29 is 9.90 Å². The number of carboxylic acid groups (broad SMARTS) is 1. The summed E-state index contributed by atoms with van der Waals surface area (Å²) in [6.07, 6.45) is 7.16. The minimum atomic E-state index is -0.674. The van der Waals surface area contributed by atoms with E-state index in [0.29, 0.717) is 5.41 Å². The van der Waals surface area contributed by atoms with Crippen LogP contribution in [0.2, 0.25) is 0 Å². The molecule has 1 atom stereocenters. The summed E-state index contributed by atoms with van der Waals surface area (Å²) in [6.45, 7) is 4.31. The molecule has 15 heavy (non-hydrogen) atoms. The van der Waals surface area contributed by atoms with Crippen LogP contribution in [0, 0.1) is 5.41 Å². The van der Waals surface area contributed by atoms with Gasteiger partial charge in [0.15, 0.2) is 0 Å². The van der Waals surface area contributed by atoms with E-state index in [9.17, 15) is 4.79 Å². The molecule has 1 spiro atoms. The number of hydrogen-bond acceptors (Lipinski definition) is 2. The summed E-state index contributed by atoms with van der Waals surface area (Å²) < 4.78 is 0. The Morgan fingerprint density at radius 3 is 2.47 bits per heavy atom. The van der Waals surface area contributed by atoms with Crippen LogP contribution in [0.1, 0.15) is 45.4 Å². The highest BCUT2D eigenvalue weighted by Crippen LogP contribution is 2.44. The normalized spacial score (nSPS) is 27.3. The van der Waals surface area contributed by atoms with Gasteiger partial charge in [-0.2, -0.15) is 0 Å². The molecule has 2 aliphatic rings. The fourth-order valence-electron chi connectivity index (χ4n) is 3.13. The molecule has 1 saturated heterocycles. The third-order valence-corrected chi connectivity index (χ3v) is 4.08. The molecule has 1 aliphatic heterocycles. The Bertz CT molecular complexity index is 238. The molecule has 3 nitrogen and oxygen atoms in total. The lowest BCUT2D eigenvalue weighted by atomic mass is 9.68. The van der Waals surface area contributed by atoms with Crippen LogP contribution in [0.15, 0.2) is 0 Å². The average Bonchev–Trinajstić information content (AvgIpc) is 2.14. The Morgan fingerprint density at radius 2 is 1.93 bits per heavy atom. The Balaban J connectivity index is 1.78. The summed E-state index contributed by atoms with van der Waals surface area (Å²) in [4.78, 5) is 12.9. The van der Waals surface area contributed by atoms with E-state index in [-0.39, 0.29) is 12.5 Å². The highest BCUT2D eigenvalue weighted by Gasteiger charge is 2.44. The first kappa shape index (κ1) is 10.9. The predicted octanol–water partition coefficient (Wildman–Crippen LogP) is 2.12. The van der Waals surface area contributed by atoms with Gasteiger partial charge in [0.05, 0.1) is 6.42 Å². The largest absolute Gasteiger partial charge is 0.481 e. The minimum Gasteiger partial charge on any atom is -0.481 e. The fraction of sp³-hybridized carbons (Fsp3) is 0.917. The number of hydrogen-bond donors (Lipinski definition) is 1. The molecule has 0 bridgehead atoms. The second-order valence-electron chi connectivity index (χ2n) is 5.41. The zero-order chi connectivity index (χ0) is 10.9. The first-order chi connectivity index (χ1) is 7.11. The molecule has 0 aromatic heterocycles. The summed E-state index contributed by atoms with van der Waals surface area (Å²) in [6, 6.07) is 0.218. The van der Waals surface area contributed by atoms with Crippen LogP contribution in [0.4, 0.5) is 0 Å². The number of carbonyl (C=O) groups is 1. The Hall–Kier alpha value is -0.570. The van der Waals surface area contributed by atoms with Gasteiger partial charge in [-0.1, -0.05) is 19.3 Å². The van der Waals surface area contributed by atoms with Crippen LogP contribution in [-0.4, -0.2) is 35.1 Å². The van der Waals surface area contributed by atoms with E-state index >= 15 is 0 Å². The van der Waals surface area contributed by atoms with Crippen molar-refractivity contribution >= 4 is 5.97 Å². The number of likely N-dealkylation sites (tertiary alicyclic amines) is 1. The molecule has 0 radical (unpaired) electrons. The van der Waals surface area contributed by atoms with E-state index in [1.165, 1.54) is 32.1 Å². The van der Waals surface area contributed by atoms with E-state index in [1.54, 1.807) is 0 Å². The molecule has 3 heteroatoms. The van der Waals surface area contributed by atoms with Crippen molar-refractivity contribution in [3.63, 3.8) is 0 Å². The molecule has 1 unspecified atom stereocenters. The average molecular weight is 211 g/mol. The highest BCUT2D eigenvalue weighted by molar-refractivity contribution is 5.67.